The first-order chi connectivity index (χ1) is 13.2. The van der Waals surface area contributed by atoms with Crippen molar-refractivity contribution in [3.05, 3.63) is 82.9 Å². The standard InChI is InChI=1S/C27H36/c1-4-5-6-7-10-24-15-17-25(18-16-24)11-8-9-12-26-19-21-27(22-20-26)14-13-23(2)3/h8-9,11-12,15-23H,4-7,10,13-14H2,1-3H3. The van der Waals surface area contributed by atoms with Crippen LogP contribution in [-0.4, -0.2) is 0 Å². The van der Waals surface area contributed by atoms with Crippen molar-refractivity contribution >= 4 is 12.2 Å². The smallest absolute Gasteiger partial charge is 0.0256 e. The predicted molar refractivity (Wildman–Crippen MR) is 122 cm³/mol. The van der Waals surface area contributed by atoms with Gasteiger partial charge in [0, 0.05) is 0 Å². The Kier molecular flexibility index (Phi) is 9.69. The SMILES string of the molecule is CCCCCCc1ccc(C=CC=Cc2ccc(CCC(C)C)cc2)cc1. The Morgan fingerprint density at radius 3 is 1.67 bits per heavy atom. The second-order valence-corrected chi connectivity index (χ2v) is 7.94. The lowest BCUT2D eigenvalue weighted by atomic mass is 10.0. The zero-order chi connectivity index (χ0) is 19.3. The third-order valence-electron chi connectivity index (χ3n) is 4.98. The summed E-state index contributed by atoms with van der Waals surface area (Å²) < 4.78 is 0. The first-order valence-electron chi connectivity index (χ1n) is 10.7. The van der Waals surface area contributed by atoms with Crippen molar-refractivity contribution in [3.8, 4) is 0 Å². The number of allylic oxidation sites excluding steroid dienone is 2. The molecule has 0 aliphatic carbocycles. The molecular weight excluding hydrogens is 324 g/mol. The average molecular weight is 361 g/mol. The lowest BCUT2D eigenvalue weighted by molar-refractivity contribution is 0.587. The van der Waals surface area contributed by atoms with Gasteiger partial charge < -0.3 is 0 Å². The van der Waals surface area contributed by atoms with Crippen LogP contribution in [0.5, 0.6) is 0 Å². The Hall–Kier alpha value is -2.08. The molecule has 27 heavy (non-hydrogen) atoms. The van der Waals surface area contributed by atoms with Crippen molar-refractivity contribution in [3.63, 3.8) is 0 Å². The van der Waals surface area contributed by atoms with E-state index < -0.39 is 0 Å². The van der Waals surface area contributed by atoms with Gasteiger partial charge in [0.15, 0.2) is 0 Å². The van der Waals surface area contributed by atoms with Crippen LogP contribution in [0.1, 0.15) is 75.1 Å². The lowest BCUT2D eigenvalue weighted by Gasteiger charge is -2.04. The van der Waals surface area contributed by atoms with Crippen molar-refractivity contribution in [1.82, 2.24) is 0 Å². The first-order valence-corrected chi connectivity index (χ1v) is 10.7. The summed E-state index contributed by atoms with van der Waals surface area (Å²) in [5.41, 5.74) is 5.42. The summed E-state index contributed by atoms with van der Waals surface area (Å²) in [6.07, 6.45) is 17.6. The summed E-state index contributed by atoms with van der Waals surface area (Å²) in [5.74, 6) is 0.768. The Bertz CT molecular complexity index is 684. The molecular formula is C27H36. The van der Waals surface area contributed by atoms with E-state index in [2.05, 4.69) is 93.6 Å². The van der Waals surface area contributed by atoms with E-state index in [1.54, 1.807) is 0 Å². The van der Waals surface area contributed by atoms with E-state index in [1.165, 1.54) is 67.2 Å². The Morgan fingerprint density at radius 1 is 0.667 bits per heavy atom. The van der Waals surface area contributed by atoms with Crippen LogP contribution in [0, 0.1) is 5.92 Å². The van der Waals surface area contributed by atoms with Crippen LogP contribution in [0.25, 0.3) is 12.2 Å². The van der Waals surface area contributed by atoms with Gasteiger partial charge in [-0.1, -0.05) is 113 Å². The molecule has 0 fully saturated rings. The van der Waals surface area contributed by atoms with Crippen LogP contribution in [0.15, 0.2) is 60.7 Å². The van der Waals surface area contributed by atoms with Crippen molar-refractivity contribution in [2.45, 2.75) is 65.7 Å². The summed E-state index contributed by atoms with van der Waals surface area (Å²) in [7, 11) is 0. The number of rotatable bonds is 11. The number of aryl methyl sites for hydroxylation is 2. The van der Waals surface area contributed by atoms with Crippen LogP contribution in [0.3, 0.4) is 0 Å². The molecule has 0 bridgehead atoms. The molecule has 0 N–H and O–H groups in total. The van der Waals surface area contributed by atoms with Crippen LogP contribution in [-0.2, 0) is 12.8 Å². The zero-order valence-electron chi connectivity index (χ0n) is 17.5. The van der Waals surface area contributed by atoms with Gasteiger partial charge >= 0.3 is 0 Å². The van der Waals surface area contributed by atoms with E-state index >= 15 is 0 Å². The van der Waals surface area contributed by atoms with E-state index in [0.29, 0.717) is 0 Å². The molecule has 0 radical (unpaired) electrons. The molecule has 2 aromatic carbocycles. The maximum atomic E-state index is 2.28. The molecule has 0 saturated carbocycles. The second-order valence-electron chi connectivity index (χ2n) is 7.94. The van der Waals surface area contributed by atoms with E-state index in [0.717, 1.165) is 5.92 Å². The first kappa shape index (κ1) is 21.2. The van der Waals surface area contributed by atoms with Gasteiger partial charge in [0.2, 0.25) is 0 Å². The van der Waals surface area contributed by atoms with Crippen molar-refractivity contribution in [2.75, 3.05) is 0 Å². The molecule has 0 nitrogen and oxygen atoms in total. The molecule has 2 aromatic rings. The Morgan fingerprint density at radius 2 is 1.19 bits per heavy atom. The fourth-order valence-corrected chi connectivity index (χ4v) is 3.14. The van der Waals surface area contributed by atoms with Crippen LogP contribution in [0.4, 0.5) is 0 Å². The van der Waals surface area contributed by atoms with E-state index in [9.17, 15) is 0 Å². The van der Waals surface area contributed by atoms with E-state index in [-0.39, 0.29) is 0 Å². The quantitative estimate of drug-likeness (QED) is 0.280. The number of hydrogen-bond acceptors (Lipinski definition) is 0. The molecule has 144 valence electrons. The topological polar surface area (TPSA) is 0 Å². The third kappa shape index (κ3) is 8.91. The van der Waals surface area contributed by atoms with Crippen LogP contribution in [0.2, 0.25) is 0 Å². The average Bonchev–Trinajstić information content (AvgIpc) is 2.69. The molecule has 0 heteroatoms. The molecule has 0 heterocycles. The highest BCUT2D eigenvalue weighted by molar-refractivity contribution is 5.57. The minimum atomic E-state index is 0.768. The highest BCUT2D eigenvalue weighted by Gasteiger charge is 1.97. The summed E-state index contributed by atoms with van der Waals surface area (Å²) in [6.45, 7) is 6.83. The minimum Gasteiger partial charge on any atom is -0.0654 e. The minimum absolute atomic E-state index is 0.768. The fraction of sp³-hybridized carbons (Fsp3) is 0.407. The molecule has 0 atom stereocenters. The monoisotopic (exact) mass is 360 g/mol. The van der Waals surface area contributed by atoms with E-state index in [1.807, 2.05) is 0 Å². The van der Waals surface area contributed by atoms with Gasteiger partial charge in [0.1, 0.15) is 0 Å². The van der Waals surface area contributed by atoms with Crippen LogP contribution < -0.4 is 0 Å². The van der Waals surface area contributed by atoms with Gasteiger partial charge in [-0.3, -0.25) is 0 Å². The maximum Gasteiger partial charge on any atom is -0.0256 e. The number of hydrogen-bond donors (Lipinski definition) is 0. The number of unbranched alkanes of at least 4 members (excludes halogenated alkanes) is 3. The fourth-order valence-electron chi connectivity index (χ4n) is 3.14. The van der Waals surface area contributed by atoms with Gasteiger partial charge in [-0.25, -0.2) is 0 Å². The largest absolute Gasteiger partial charge is 0.0654 e. The molecule has 0 saturated heterocycles. The highest BCUT2D eigenvalue weighted by atomic mass is 14.0. The summed E-state index contributed by atoms with van der Waals surface area (Å²) in [5, 5.41) is 0. The summed E-state index contributed by atoms with van der Waals surface area (Å²) >= 11 is 0. The van der Waals surface area contributed by atoms with Gasteiger partial charge in [-0.2, -0.15) is 0 Å². The molecule has 0 amide bonds. The molecule has 0 spiro atoms. The summed E-state index contributed by atoms with van der Waals surface area (Å²) in [4.78, 5) is 0. The van der Waals surface area contributed by atoms with Gasteiger partial charge in [0.05, 0.1) is 0 Å². The van der Waals surface area contributed by atoms with Gasteiger partial charge in [-0.05, 0) is 53.9 Å². The molecule has 0 aliphatic rings. The summed E-state index contributed by atoms with van der Waals surface area (Å²) in [6, 6.07) is 17.9. The van der Waals surface area contributed by atoms with Crippen molar-refractivity contribution in [1.29, 1.82) is 0 Å². The Balaban J connectivity index is 1.78. The van der Waals surface area contributed by atoms with Crippen molar-refractivity contribution < 1.29 is 0 Å². The third-order valence-corrected chi connectivity index (χ3v) is 4.98. The van der Waals surface area contributed by atoms with Gasteiger partial charge in [0.25, 0.3) is 0 Å². The molecule has 2 rings (SSSR count). The van der Waals surface area contributed by atoms with Crippen LogP contribution >= 0.6 is 0 Å². The second kappa shape index (κ2) is 12.3. The predicted octanol–water partition coefficient (Wildman–Crippen LogP) is 8.12. The molecule has 0 unspecified atom stereocenters. The van der Waals surface area contributed by atoms with Gasteiger partial charge in [-0.15, -0.1) is 0 Å². The van der Waals surface area contributed by atoms with Crippen molar-refractivity contribution in [2.24, 2.45) is 5.92 Å². The molecule has 0 aromatic heterocycles. The lowest BCUT2D eigenvalue weighted by Crippen LogP contribution is -1.91. The highest BCUT2D eigenvalue weighted by Crippen LogP contribution is 2.13. The normalized spacial score (nSPS) is 11.9. The number of benzene rings is 2. The van der Waals surface area contributed by atoms with E-state index in [4.69, 9.17) is 0 Å². The maximum absolute atomic E-state index is 2.28. The molecule has 0 aliphatic heterocycles. The Labute approximate surface area is 167 Å². The zero-order valence-corrected chi connectivity index (χ0v) is 17.5.